The number of β-amino-alcohol motifs (C(OH)–C–C–N with tert-alkyl or cyclic N) is 1. The molecule has 1 atom stereocenters. The first-order valence-electron chi connectivity index (χ1n) is 8.17. The van der Waals surface area contributed by atoms with Crippen LogP contribution in [0.25, 0.3) is 0 Å². The molecule has 1 aliphatic heterocycles. The normalized spacial score (nSPS) is 17.6. The molecule has 126 valence electrons. The van der Waals surface area contributed by atoms with E-state index >= 15 is 0 Å². The number of anilines is 1. The molecule has 1 saturated heterocycles. The molecule has 1 N–H and O–H groups in total. The molecule has 1 aliphatic rings. The second-order valence-electron chi connectivity index (χ2n) is 6.07. The summed E-state index contributed by atoms with van der Waals surface area (Å²) in [6, 6.07) is 17.1. The van der Waals surface area contributed by atoms with Crippen LogP contribution < -0.4 is 4.90 Å². The van der Waals surface area contributed by atoms with Gasteiger partial charge in [-0.3, -0.25) is 4.90 Å². The molecular weight excluding hydrogens is 324 g/mol. The van der Waals surface area contributed by atoms with Crippen molar-refractivity contribution in [3.8, 4) is 0 Å². The van der Waals surface area contributed by atoms with Gasteiger partial charge in [0.2, 0.25) is 0 Å². The minimum Gasteiger partial charge on any atom is -0.391 e. The highest BCUT2D eigenvalue weighted by molar-refractivity contribution is 6.30. The van der Waals surface area contributed by atoms with Crippen LogP contribution in [0.1, 0.15) is 18.4 Å². The summed E-state index contributed by atoms with van der Waals surface area (Å²) in [7, 11) is 0. The Morgan fingerprint density at radius 3 is 2.54 bits per heavy atom. The molecule has 2 aromatic carbocycles. The molecule has 2 amide bonds. The van der Waals surface area contributed by atoms with Gasteiger partial charge in [0.15, 0.2) is 0 Å². The lowest BCUT2D eigenvalue weighted by Gasteiger charge is -2.35. The molecule has 0 saturated carbocycles. The van der Waals surface area contributed by atoms with E-state index in [4.69, 9.17) is 11.6 Å². The van der Waals surface area contributed by atoms with E-state index in [9.17, 15) is 9.90 Å². The van der Waals surface area contributed by atoms with Crippen molar-refractivity contribution < 1.29 is 9.90 Å². The number of carbonyl (C=O) groups is 1. The molecule has 1 unspecified atom stereocenters. The van der Waals surface area contributed by atoms with Crippen LogP contribution in [0.3, 0.4) is 0 Å². The molecule has 0 spiro atoms. The van der Waals surface area contributed by atoms with Crippen LogP contribution in [0.15, 0.2) is 54.6 Å². The molecule has 0 aromatic heterocycles. The largest absolute Gasteiger partial charge is 0.391 e. The summed E-state index contributed by atoms with van der Waals surface area (Å²) in [4.78, 5) is 16.5. The van der Waals surface area contributed by atoms with Crippen molar-refractivity contribution in [2.45, 2.75) is 25.5 Å². The first kappa shape index (κ1) is 16.8. The van der Waals surface area contributed by atoms with Crippen LogP contribution in [0, 0.1) is 0 Å². The summed E-state index contributed by atoms with van der Waals surface area (Å²) in [6.07, 6.45) is 1.14. The summed E-state index contributed by atoms with van der Waals surface area (Å²) in [5.41, 5.74) is 1.85. The van der Waals surface area contributed by atoms with E-state index in [-0.39, 0.29) is 6.03 Å². The van der Waals surface area contributed by atoms with Crippen LogP contribution in [0.4, 0.5) is 10.5 Å². The molecule has 0 radical (unpaired) electrons. The van der Waals surface area contributed by atoms with Gasteiger partial charge in [-0.1, -0.05) is 41.9 Å². The molecule has 5 heteroatoms. The minimum absolute atomic E-state index is 0.0834. The number of piperidine rings is 1. The predicted molar refractivity (Wildman–Crippen MR) is 96.3 cm³/mol. The number of urea groups is 1. The lowest BCUT2D eigenvalue weighted by atomic mass is 10.1. The summed E-state index contributed by atoms with van der Waals surface area (Å²) in [6.45, 7) is 1.54. The van der Waals surface area contributed by atoms with Crippen LogP contribution >= 0.6 is 11.6 Å². The summed E-state index contributed by atoms with van der Waals surface area (Å²) >= 11 is 5.98. The number of nitrogens with zero attached hydrogens (tertiary/aromatic N) is 2. The van der Waals surface area contributed by atoms with Crippen molar-refractivity contribution >= 4 is 23.3 Å². The van der Waals surface area contributed by atoms with Crippen LogP contribution in [-0.4, -0.2) is 35.2 Å². The maximum atomic E-state index is 13.0. The third-order valence-corrected chi connectivity index (χ3v) is 4.47. The van der Waals surface area contributed by atoms with Gasteiger partial charge >= 0.3 is 6.03 Å². The quantitative estimate of drug-likeness (QED) is 0.917. The van der Waals surface area contributed by atoms with Crippen molar-refractivity contribution in [2.75, 3.05) is 18.0 Å². The zero-order valence-corrected chi connectivity index (χ0v) is 14.2. The Balaban J connectivity index is 1.86. The van der Waals surface area contributed by atoms with Gasteiger partial charge in [-0.2, -0.15) is 0 Å². The lowest BCUT2D eigenvalue weighted by Crippen LogP contribution is -2.48. The van der Waals surface area contributed by atoms with E-state index in [1.165, 1.54) is 0 Å². The van der Waals surface area contributed by atoms with Gasteiger partial charge in [-0.25, -0.2) is 4.79 Å². The van der Waals surface area contributed by atoms with Crippen molar-refractivity contribution in [3.63, 3.8) is 0 Å². The van der Waals surface area contributed by atoms with Crippen LogP contribution in [-0.2, 0) is 6.54 Å². The summed E-state index contributed by atoms with van der Waals surface area (Å²) in [5, 5.41) is 10.5. The molecule has 0 aliphatic carbocycles. The predicted octanol–water partition coefficient (Wildman–Crippen LogP) is 3.92. The summed E-state index contributed by atoms with van der Waals surface area (Å²) in [5.74, 6) is 0. The van der Waals surface area contributed by atoms with Gasteiger partial charge in [0, 0.05) is 23.8 Å². The Labute approximate surface area is 147 Å². The van der Waals surface area contributed by atoms with Gasteiger partial charge in [0.1, 0.15) is 0 Å². The fourth-order valence-electron chi connectivity index (χ4n) is 2.96. The highest BCUT2D eigenvalue weighted by Crippen LogP contribution is 2.23. The molecule has 3 rings (SSSR count). The molecule has 4 nitrogen and oxygen atoms in total. The number of benzene rings is 2. The number of halogens is 1. The standard InChI is InChI=1S/C19H21ClN2O2/c20-16-8-10-17(11-9-16)22(13-15-5-2-1-3-6-15)19(24)21-12-4-7-18(23)14-21/h1-3,5-6,8-11,18,23H,4,7,12-14H2. The zero-order chi connectivity index (χ0) is 16.9. The van der Waals surface area contributed by atoms with E-state index < -0.39 is 6.10 Å². The molecule has 2 aromatic rings. The molecule has 1 fully saturated rings. The fourth-order valence-corrected chi connectivity index (χ4v) is 3.08. The van der Waals surface area contributed by atoms with E-state index in [1.54, 1.807) is 21.9 Å². The monoisotopic (exact) mass is 344 g/mol. The third-order valence-electron chi connectivity index (χ3n) is 4.22. The van der Waals surface area contributed by atoms with Gasteiger partial charge in [-0.05, 0) is 42.7 Å². The number of rotatable bonds is 3. The maximum Gasteiger partial charge on any atom is 0.324 e. The number of amides is 2. The number of carbonyl (C=O) groups excluding carboxylic acids is 1. The van der Waals surface area contributed by atoms with Gasteiger partial charge in [0.25, 0.3) is 0 Å². The Morgan fingerprint density at radius 2 is 1.88 bits per heavy atom. The van der Waals surface area contributed by atoms with E-state index in [2.05, 4.69) is 0 Å². The van der Waals surface area contributed by atoms with Gasteiger partial charge in [-0.15, -0.1) is 0 Å². The summed E-state index contributed by atoms with van der Waals surface area (Å²) < 4.78 is 0. The first-order chi connectivity index (χ1) is 11.6. The molecule has 24 heavy (non-hydrogen) atoms. The maximum absolute atomic E-state index is 13.0. The Hall–Kier alpha value is -2.04. The molecular formula is C19H21ClN2O2. The zero-order valence-electron chi connectivity index (χ0n) is 13.4. The highest BCUT2D eigenvalue weighted by atomic mass is 35.5. The van der Waals surface area contributed by atoms with Gasteiger partial charge < -0.3 is 10.0 Å². The Morgan fingerprint density at radius 1 is 1.17 bits per heavy atom. The van der Waals surface area contributed by atoms with Crippen LogP contribution in [0.2, 0.25) is 5.02 Å². The average Bonchev–Trinajstić information content (AvgIpc) is 2.61. The minimum atomic E-state index is -0.438. The smallest absolute Gasteiger partial charge is 0.324 e. The SMILES string of the molecule is O=C(N1CCCC(O)C1)N(Cc1ccccc1)c1ccc(Cl)cc1. The van der Waals surface area contributed by atoms with Crippen LogP contribution in [0.5, 0.6) is 0 Å². The van der Waals surface area contributed by atoms with E-state index in [1.807, 2.05) is 42.5 Å². The molecule has 1 heterocycles. The molecule has 0 bridgehead atoms. The van der Waals surface area contributed by atoms with Crippen molar-refractivity contribution in [3.05, 3.63) is 65.2 Å². The Bertz CT molecular complexity index is 676. The topological polar surface area (TPSA) is 43.8 Å². The number of aliphatic hydroxyl groups is 1. The van der Waals surface area contributed by atoms with Gasteiger partial charge in [0.05, 0.1) is 12.6 Å². The highest BCUT2D eigenvalue weighted by Gasteiger charge is 2.27. The number of hydrogen-bond donors (Lipinski definition) is 1. The first-order valence-corrected chi connectivity index (χ1v) is 8.55. The van der Waals surface area contributed by atoms with Crippen molar-refractivity contribution in [1.82, 2.24) is 4.90 Å². The van der Waals surface area contributed by atoms with E-state index in [0.717, 1.165) is 24.1 Å². The second kappa shape index (κ2) is 7.69. The lowest BCUT2D eigenvalue weighted by molar-refractivity contribution is 0.0862. The number of hydrogen-bond acceptors (Lipinski definition) is 2. The van der Waals surface area contributed by atoms with E-state index in [0.29, 0.717) is 24.7 Å². The van der Waals surface area contributed by atoms with Crippen molar-refractivity contribution in [2.24, 2.45) is 0 Å². The fraction of sp³-hybridized carbons (Fsp3) is 0.316. The number of aliphatic hydroxyl groups excluding tert-OH is 1. The Kier molecular flexibility index (Phi) is 5.38. The number of likely N-dealkylation sites (tertiary alicyclic amines) is 1. The average molecular weight is 345 g/mol. The second-order valence-corrected chi connectivity index (χ2v) is 6.51. The third kappa shape index (κ3) is 4.08. The van der Waals surface area contributed by atoms with Crippen molar-refractivity contribution in [1.29, 1.82) is 0 Å².